The highest BCUT2D eigenvalue weighted by molar-refractivity contribution is 4.80. The van der Waals surface area contributed by atoms with Crippen LogP contribution in [0.15, 0.2) is 0 Å². The van der Waals surface area contributed by atoms with Gasteiger partial charge in [-0.2, -0.15) is 13.2 Å². The Hall–Kier alpha value is -0.290. The molecule has 0 aliphatic heterocycles. The largest absolute Gasteiger partial charge is 0.411 e. The molecule has 1 atom stereocenters. The molecular weight excluding hydrogens is 281 g/mol. The van der Waals surface area contributed by atoms with Crippen LogP contribution >= 0.6 is 0 Å². The first-order valence-corrected chi connectivity index (χ1v) is 7.34. The van der Waals surface area contributed by atoms with Gasteiger partial charge in [-0.1, -0.05) is 48.5 Å². The lowest BCUT2D eigenvalue weighted by Crippen LogP contribution is -2.36. The fraction of sp³-hybridized carbons (Fsp3) is 1.00. The van der Waals surface area contributed by atoms with Crippen LogP contribution in [0.1, 0.15) is 54.9 Å². The smallest absolute Gasteiger partial charge is 0.380 e. The van der Waals surface area contributed by atoms with Crippen LogP contribution in [0.2, 0.25) is 0 Å². The van der Waals surface area contributed by atoms with Gasteiger partial charge >= 0.3 is 6.18 Å². The van der Waals surface area contributed by atoms with Crippen molar-refractivity contribution < 1.29 is 22.6 Å². The fourth-order valence-corrected chi connectivity index (χ4v) is 2.44. The van der Waals surface area contributed by atoms with Crippen LogP contribution in [0.5, 0.6) is 0 Å². The zero-order chi connectivity index (χ0) is 16.9. The summed E-state index contributed by atoms with van der Waals surface area (Å²) in [5.41, 5.74) is -0.383. The zero-order valence-electron chi connectivity index (χ0n) is 14.5. The molecule has 0 fully saturated rings. The highest BCUT2D eigenvalue weighted by Crippen LogP contribution is 2.35. The van der Waals surface area contributed by atoms with Gasteiger partial charge in [-0.25, -0.2) is 0 Å². The number of ether oxygens (including phenoxy) is 2. The van der Waals surface area contributed by atoms with Gasteiger partial charge < -0.3 is 9.47 Å². The average Bonchev–Trinajstić information content (AvgIpc) is 2.08. The predicted molar refractivity (Wildman–Crippen MR) is 79.3 cm³/mol. The summed E-state index contributed by atoms with van der Waals surface area (Å²) in [6.45, 7) is 14.1. The van der Waals surface area contributed by atoms with Crippen molar-refractivity contribution in [3.05, 3.63) is 0 Å². The summed E-state index contributed by atoms with van der Waals surface area (Å²) in [6.07, 6.45) is -3.54. The van der Waals surface area contributed by atoms with E-state index in [-0.39, 0.29) is 17.4 Å². The van der Waals surface area contributed by atoms with E-state index in [1.807, 2.05) is 6.92 Å². The minimum absolute atomic E-state index is 0.00142. The van der Waals surface area contributed by atoms with Gasteiger partial charge in [0.2, 0.25) is 0 Å². The minimum atomic E-state index is -4.28. The molecule has 0 radical (unpaired) electrons. The molecular formula is C16H31F3O2. The van der Waals surface area contributed by atoms with Crippen molar-refractivity contribution in [1.82, 2.24) is 0 Å². The summed E-state index contributed by atoms with van der Waals surface area (Å²) in [5.74, 6) is 0. The summed E-state index contributed by atoms with van der Waals surface area (Å²) >= 11 is 0. The van der Waals surface area contributed by atoms with Crippen LogP contribution in [0.25, 0.3) is 0 Å². The molecule has 0 bridgehead atoms. The lowest BCUT2D eigenvalue weighted by atomic mass is 9.76. The number of alkyl halides is 3. The van der Waals surface area contributed by atoms with Crippen molar-refractivity contribution in [2.45, 2.75) is 61.1 Å². The third kappa shape index (κ3) is 13.1. The number of rotatable bonds is 7. The van der Waals surface area contributed by atoms with Gasteiger partial charge in [-0.3, -0.25) is 0 Å². The first-order valence-electron chi connectivity index (χ1n) is 7.34. The Morgan fingerprint density at radius 3 is 1.38 bits per heavy atom. The lowest BCUT2D eigenvalue weighted by Gasteiger charge is -2.36. The van der Waals surface area contributed by atoms with Crippen molar-refractivity contribution in [3.8, 4) is 0 Å². The first-order chi connectivity index (χ1) is 9.12. The maximum atomic E-state index is 12.2. The summed E-state index contributed by atoms with van der Waals surface area (Å²) in [4.78, 5) is 0. The number of hydrogen-bond donors (Lipinski definition) is 0. The number of halogens is 3. The van der Waals surface area contributed by atoms with Gasteiger partial charge in [0.05, 0.1) is 19.8 Å². The maximum absolute atomic E-state index is 12.2. The van der Waals surface area contributed by atoms with Crippen molar-refractivity contribution in [2.24, 2.45) is 16.2 Å². The van der Waals surface area contributed by atoms with E-state index in [1.165, 1.54) is 0 Å². The van der Waals surface area contributed by atoms with E-state index in [2.05, 4.69) is 41.5 Å². The van der Waals surface area contributed by atoms with E-state index in [4.69, 9.17) is 9.47 Å². The van der Waals surface area contributed by atoms with Crippen LogP contribution in [0, 0.1) is 16.2 Å². The molecule has 0 aromatic carbocycles. The van der Waals surface area contributed by atoms with Gasteiger partial charge in [0, 0.05) is 5.41 Å². The quantitative estimate of drug-likeness (QED) is 0.653. The molecule has 0 spiro atoms. The van der Waals surface area contributed by atoms with E-state index < -0.39 is 18.2 Å². The average molecular weight is 312 g/mol. The molecule has 0 saturated heterocycles. The van der Waals surface area contributed by atoms with Crippen LogP contribution < -0.4 is 0 Å². The molecule has 0 aliphatic rings. The highest BCUT2D eigenvalue weighted by atomic mass is 19.4. The Balaban J connectivity index is 4.55. The standard InChI is InChI=1S/C16H31F3O2/c1-13(2,3)8-15(7,10-20-9-14(4,5)6)11-21-12-16(17,18)19/h8-12H2,1-7H3. The Morgan fingerprint density at radius 1 is 0.619 bits per heavy atom. The normalized spacial score (nSPS) is 16.9. The molecule has 128 valence electrons. The maximum Gasteiger partial charge on any atom is 0.411 e. The third-order valence-corrected chi connectivity index (χ3v) is 2.66. The molecule has 2 nitrogen and oxygen atoms in total. The van der Waals surface area contributed by atoms with Gasteiger partial charge in [0.25, 0.3) is 0 Å². The van der Waals surface area contributed by atoms with Crippen LogP contribution in [-0.4, -0.2) is 32.6 Å². The molecule has 0 aromatic rings. The van der Waals surface area contributed by atoms with Crippen LogP contribution in [0.4, 0.5) is 13.2 Å². The molecule has 0 N–H and O–H groups in total. The third-order valence-electron chi connectivity index (χ3n) is 2.66. The molecule has 0 rings (SSSR count). The van der Waals surface area contributed by atoms with Crippen molar-refractivity contribution in [1.29, 1.82) is 0 Å². The molecule has 0 aliphatic carbocycles. The fourth-order valence-electron chi connectivity index (χ4n) is 2.44. The SMILES string of the molecule is CC(C)(C)COCC(C)(COCC(F)(F)F)CC(C)(C)C. The Kier molecular flexibility index (Phi) is 7.21. The number of hydrogen-bond acceptors (Lipinski definition) is 2. The lowest BCUT2D eigenvalue weighted by molar-refractivity contribution is -0.184. The molecule has 0 aromatic heterocycles. The molecule has 0 saturated carbocycles. The van der Waals surface area contributed by atoms with Gasteiger partial charge in [-0.15, -0.1) is 0 Å². The Labute approximate surface area is 127 Å². The van der Waals surface area contributed by atoms with E-state index in [9.17, 15) is 13.2 Å². The topological polar surface area (TPSA) is 18.5 Å². The predicted octanol–water partition coefficient (Wildman–Crippen LogP) is 5.07. The highest BCUT2D eigenvalue weighted by Gasteiger charge is 2.34. The summed E-state index contributed by atoms with van der Waals surface area (Å²) in [6, 6.07) is 0. The van der Waals surface area contributed by atoms with Gasteiger partial charge in [0.15, 0.2) is 0 Å². The van der Waals surface area contributed by atoms with Crippen LogP contribution in [0.3, 0.4) is 0 Å². The van der Waals surface area contributed by atoms with Crippen LogP contribution in [-0.2, 0) is 9.47 Å². The second-order valence-electron chi connectivity index (χ2n) is 8.71. The molecule has 5 heteroatoms. The molecule has 21 heavy (non-hydrogen) atoms. The van der Waals surface area contributed by atoms with E-state index in [0.29, 0.717) is 13.2 Å². The second-order valence-corrected chi connectivity index (χ2v) is 8.71. The van der Waals surface area contributed by atoms with Crippen molar-refractivity contribution >= 4 is 0 Å². The monoisotopic (exact) mass is 312 g/mol. The summed E-state index contributed by atoms with van der Waals surface area (Å²) < 4.78 is 47.3. The Morgan fingerprint density at radius 2 is 1.05 bits per heavy atom. The van der Waals surface area contributed by atoms with Crippen molar-refractivity contribution in [3.63, 3.8) is 0 Å². The second kappa shape index (κ2) is 7.32. The Bertz CT molecular complexity index is 278. The summed E-state index contributed by atoms with van der Waals surface area (Å²) in [7, 11) is 0. The van der Waals surface area contributed by atoms with Gasteiger partial charge in [-0.05, 0) is 17.3 Å². The molecule has 1 unspecified atom stereocenters. The first kappa shape index (κ1) is 20.7. The zero-order valence-corrected chi connectivity index (χ0v) is 14.5. The minimum Gasteiger partial charge on any atom is -0.380 e. The molecule has 0 heterocycles. The van der Waals surface area contributed by atoms with E-state index >= 15 is 0 Å². The summed E-state index contributed by atoms with van der Waals surface area (Å²) in [5, 5.41) is 0. The van der Waals surface area contributed by atoms with Crippen molar-refractivity contribution in [2.75, 3.05) is 26.4 Å². The molecule has 0 amide bonds. The van der Waals surface area contributed by atoms with Gasteiger partial charge in [0.1, 0.15) is 6.61 Å². The van der Waals surface area contributed by atoms with E-state index in [0.717, 1.165) is 6.42 Å². The van der Waals surface area contributed by atoms with E-state index in [1.54, 1.807) is 0 Å².